The van der Waals surface area contributed by atoms with Crippen LogP contribution in [0.1, 0.15) is 0 Å². The molecule has 0 aliphatic carbocycles. The number of aromatic nitrogens is 5. The van der Waals surface area contributed by atoms with E-state index in [1.807, 2.05) is 84.9 Å². The number of nitrogen functional groups attached to an aromatic ring is 1. The van der Waals surface area contributed by atoms with Gasteiger partial charge in [0, 0.05) is 39.2 Å². The van der Waals surface area contributed by atoms with Crippen molar-refractivity contribution in [2.24, 2.45) is 0 Å². The SMILES string of the molecule is Nc1ccccc1-c1cccc(-c2nc(-c3ccccc3)nc(-c3ccccc3-c3ccccc3-c3ccc(-n4c(-c5cccc(-c6ccccc6)c5)nc5ccccc54)cc3)n2)c1. The number of fused-ring (bicyclic) bond motifs is 1. The number of imidazole rings is 1. The fraction of sp³-hybridized carbons (Fsp3) is 0. The van der Waals surface area contributed by atoms with Gasteiger partial charge in [-0.15, -0.1) is 0 Å². The maximum Gasteiger partial charge on any atom is 0.164 e. The van der Waals surface area contributed by atoms with Crippen LogP contribution in [0.25, 0.3) is 107 Å². The Morgan fingerprint density at radius 3 is 1.53 bits per heavy atom. The van der Waals surface area contributed by atoms with Gasteiger partial charge in [-0.2, -0.15) is 0 Å². The summed E-state index contributed by atoms with van der Waals surface area (Å²) < 4.78 is 2.26. The fourth-order valence-electron chi connectivity index (χ4n) is 8.55. The van der Waals surface area contributed by atoms with Crippen molar-refractivity contribution < 1.29 is 0 Å². The molecule has 0 aliphatic rings. The lowest BCUT2D eigenvalue weighted by Crippen LogP contribution is -2.01. The third-order valence-electron chi connectivity index (χ3n) is 11.7. The maximum absolute atomic E-state index is 6.42. The number of hydrogen-bond acceptors (Lipinski definition) is 5. The molecule has 0 radical (unpaired) electrons. The fourth-order valence-corrected chi connectivity index (χ4v) is 8.55. The van der Waals surface area contributed by atoms with E-state index in [1.54, 1.807) is 0 Å². The highest BCUT2D eigenvalue weighted by molar-refractivity contribution is 5.91. The van der Waals surface area contributed by atoms with Gasteiger partial charge >= 0.3 is 0 Å². The van der Waals surface area contributed by atoms with Crippen molar-refractivity contribution in [2.75, 3.05) is 5.73 Å². The standard InChI is InChI=1S/C58H40N6/c59-52-30-12-11-26-48(52)43-22-16-23-44(38-43)56-61-55(41-19-5-2-6-20-41)62-57(63-56)51-29-10-9-28-50(51)49-27-8-7-25-47(49)40-33-35-46(36-34-40)64-54-32-14-13-31-53(54)60-58(64)45-24-15-21-42(37-45)39-17-3-1-4-18-39/h1-38H,59H2. The predicted molar refractivity (Wildman–Crippen MR) is 262 cm³/mol. The monoisotopic (exact) mass is 820 g/mol. The van der Waals surface area contributed by atoms with Gasteiger partial charge in [0.1, 0.15) is 5.82 Å². The Balaban J connectivity index is 1.000. The molecule has 0 spiro atoms. The van der Waals surface area contributed by atoms with Crippen LogP contribution in [0.3, 0.4) is 0 Å². The van der Waals surface area contributed by atoms with Crippen LogP contribution in [0.15, 0.2) is 231 Å². The Kier molecular flexibility index (Phi) is 9.91. The normalized spacial score (nSPS) is 11.2. The van der Waals surface area contributed by atoms with Crippen molar-refractivity contribution in [1.82, 2.24) is 24.5 Å². The molecule has 0 atom stereocenters. The van der Waals surface area contributed by atoms with E-state index in [0.29, 0.717) is 23.2 Å². The maximum atomic E-state index is 6.42. The minimum atomic E-state index is 0.581. The van der Waals surface area contributed by atoms with E-state index in [9.17, 15) is 0 Å². The summed E-state index contributed by atoms with van der Waals surface area (Å²) in [5.74, 6) is 2.66. The zero-order chi connectivity index (χ0) is 42.8. The molecule has 0 amide bonds. The molecule has 9 aromatic carbocycles. The van der Waals surface area contributed by atoms with Crippen molar-refractivity contribution in [2.45, 2.75) is 0 Å². The molecule has 2 heterocycles. The van der Waals surface area contributed by atoms with Crippen molar-refractivity contribution >= 4 is 16.7 Å². The second-order valence-corrected chi connectivity index (χ2v) is 15.7. The van der Waals surface area contributed by atoms with Crippen LogP contribution in [-0.4, -0.2) is 24.5 Å². The van der Waals surface area contributed by atoms with Crippen LogP contribution in [0.2, 0.25) is 0 Å². The molecule has 0 bridgehead atoms. The van der Waals surface area contributed by atoms with Crippen LogP contribution >= 0.6 is 0 Å². The van der Waals surface area contributed by atoms with E-state index in [-0.39, 0.29) is 0 Å². The average molecular weight is 821 g/mol. The topological polar surface area (TPSA) is 82.5 Å². The highest BCUT2D eigenvalue weighted by atomic mass is 15.1. The van der Waals surface area contributed by atoms with Gasteiger partial charge in [0.25, 0.3) is 0 Å². The first-order chi connectivity index (χ1) is 31.6. The Hall–Kier alpha value is -8.74. The van der Waals surface area contributed by atoms with Gasteiger partial charge in [-0.1, -0.05) is 188 Å². The lowest BCUT2D eigenvalue weighted by Gasteiger charge is -2.16. The molecule has 6 nitrogen and oxygen atoms in total. The number of nitrogens with zero attached hydrogens (tertiary/aromatic N) is 5. The molecule has 11 aromatic rings. The molecule has 0 saturated carbocycles. The van der Waals surface area contributed by atoms with Crippen molar-refractivity contribution in [1.29, 1.82) is 0 Å². The molecule has 0 aliphatic heterocycles. The molecule has 0 fully saturated rings. The largest absolute Gasteiger partial charge is 0.398 e. The van der Waals surface area contributed by atoms with Crippen LogP contribution in [0.4, 0.5) is 5.69 Å². The Bertz CT molecular complexity index is 3450. The number of para-hydroxylation sites is 3. The summed E-state index contributed by atoms with van der Waals surface area (Å²) in [7, 11) is 0. The van der Waals surface area contributed by atoms with Gasteiger partial charge < -0.3 is 5.73 Å². The summed E-state index contributed by atoms with van der Waals surface area (Å²) in [4.78, 5) is 20.6. The molecule has 11 rings (SSSR count). The van der Waals surface area contributed by atoms with E-state index in [0.717, 1.165) is 83.7 Å². The molecule has 0 saturated heterocycles. The number of rotatable bonds is 9. The highest BCUT2D eigenvalue weighted by Gasteiger charge is 2.19. The molecule has 2 aromatic heterocycles. The molecule has 302 valence electrons. The minimum absolute atomic E-state index is 0.581. The number of benzene rings is 9. The van der Waals surface area contributed by atoms with Crippen LogP contribution in [-0.2, 0) is 0 Å². The van der Waals surface area contributed by atoms with E-state index in [4.69, 9.17) is 25.7 Å². The average Bonchev–Trinajstić information content (AvgIpc) is 3.77. The molecule has 64 heavy (non-hydrogen) atoms. The van der Waals surface area contributed by atoms with Crippen LogP contribution in [0.5, 0.6) is 0 Å². The first-order valence-electron chi connectivity index (χ1n) is 21.3. The lowest BCUT2D eigenvalue weighted by atomic mass is 9.91. The second-order valence-electron chi connectivity index (χ2n) is 15.7. The Morgan fingerprint density at radius 1 is 0.297 bits per heavy atom. The molecular weight excluding hydrogens is 781 g/mol. The highest BCUT2D eigenvalue weighted by Crippen LogP contribution is 2.39. The molecule has 0 unspecified atom stereocenters. The van der Waals surface area contributed by atoms with Crippen LogP contribution < -0.4 is 5.73 Å². The summed E-state index contributed by atoms with van der Waals surface area (Å²) in [6, 6.07) is 79.4. The van der Waals surface area contributed by atoms with E-state index >= 15 is 0 Å². The van der Waals surface area contributed by atoms with Gasteiger partial charge in [-0.05, 0) is 81.4 Å². The smallest absolute Gasteiger partial charge is 0.164 e. The van der Waals surface area contributed by atoms with Crippen LogP contribution in [0, 0.1) is 0 Å². The Morgan fingerprint density at radius 2 is 0.797 bits per heavy atom. The van der Waals surface area contributed by atoms with E-state index in [2.05, 4.69) is 150 Å². The first kappa shape index (κ1) is 38.2. The zero-order valence-corrected chi connectivity index (χ0v) is 34.8. The third kappa shape index (κ3) is 7.29. The van der Waals surface area contributed by atoms with Crippen molar-refractivity contribution in [3.63, 3.8) is 0 Å². The quantitative estimate of drug-likeness (QED) is 0.147. The predicted octanol–water partition coefficient (Wildman–Crippen LogP) is 14.1. The third-order valence-corrected chi connectivity index (χ3v) is 11.7. The zero-order valence-electron chi connectivity index (χ0n) is 34.8. The summed E-state index contributed by atoms with van der Waals surface area (Å²) in [5.41, 5.74) is 22.4. The van der Waals surface area contributed by atoms with Gasteiger partial charge in [-0.25, -0.2) is 19.9 Å². The lowest BCUT2D eigenvalue weighted by molar-refractivity contribution is 1.07. The van der Waals surface area contributed by atoms with E-state index < -0.39 is 0 Å². The van der Waals surface area contributed by atoms with Crippen molar-refractivity contribution in [3.8, 4) is 95.7 Å². The Labute approximate surface area is 371 Å². The minimum Gasteiger partial charge on any atom is -0.398 e. The second kappa shape index (κ2) is 16.6. The molecule has 2 N–H and O–H groups in total. The van der Waals surface area contributed by atoms with Gasteiger partial charge in [-0.3, -0.25) is 4.57 Å². The number of hydrogen-bond donors (Lipinski definition) is 1. The summed E-state index contributed by atoms with van der Waals surface area (Å²) >= 11 is 0. The molecular formula is C58H40N6. The number of nitrogens with two attached hydrogens (primary N) is 1. The first-order valence-corrected chi connectivity index (χ1v) is 21.3. The van der Waals surface area contributed by atoms with Crippen molar-refractivity contribution in [3.05, 3.63) is 231 Å². The summed E-state index contributed by atoms with van der Waals surface area (Å²) in [6.07, 6.45) is 0. The van der Waals surface area contributed by atoms with E-state index in [1.165, 1.54) is 5.56 Å². The summed E-state index contributed by atoms with van der Waals surface area (Å²) in [5, 5.41) is 0. The summed E-state index contributed by atoms with van der Waals surface area (Å²) in [6.45, 7) is 0. The van der Waals surface area contributed by atoms with Gasteiger partial charge in [0.05, 0.1) is 11.0 Å². The number of anilines is 1. The van der Waals surface area contributed by atoms with Gasteiger partial charge in [0.2, 0.25) is 0 Å². The molecule has 6 heteroatoms. The van der Waals surface area contributed by atoms with Gasteiger partial charge in [0.15, 0.2) is 17.5 Å².